The molecule has 1 fully saturated rings. The van der Waals surface area contributed by atoms with Crippen molar-refractivity contribution in [2.45, 2.75) is 109 Å². The number of hydrogen-bond acceptors (Lipinski definition) is 7. The third-order valence-corrected chi connectivity index (χ3v) is 8.50. The number of aryl methyl sites for hydroxylation is 1. The van der Waals surface area contributed by atoms with E-state index in [2.05, 4.69) is 16.9 Å². The largest absolute Gasteiger partial charge is 0.474 e. The fourth-order valence-corrected chi connectivity index (χ4v) is 6.43. The number of fused-ring (bicyclic) bond motifs is 3. The summed E-state index contributed by atoms with van der Waals surface area (Å²) in [6.07, 6.45) is 7.76. The third kappa shape index (κ3) is 5.48. The molecule has 4 rings (SSSR count). The van der Waals surface area contributed by atoms with Crippen LogP contribution in [0.2, 0.25) is 0 Å². The molecule has 8 heteroatoms. The zero-order valence-corrected chi connectivity index (χ0v) is 22.2. The number of nitrogens with zero attached hydrogens (tertiary/aromatic N) is 3. The van der Waals surface area contributed by atoms with Gasteiger partial charge in [-0.1, -0.05) is 6.92 Å². The Morgan fingerprint density at radius 2 is 1.91 bits per heavy atom. The highest BCUT2D eigenvalue weighted by Crippen LogP contribution is 2.48. The molecule has 2 aromatic heterocycles. The molecule has 2 aliphatic rings. The van der Waals surface area contributed by atoms with E-state index in [4.69, 9.17) is 9.47 Å². The van der Waals surface area contributed by atoms with Crippen LogP contribution in [0.4, 0.5) is 4.79 Å². The first-order valence-corrected chi connectivity index (χ1v) is 13.4. The summed E-state index contributed by atoms with van der Waals surface area (Å²) in [4.78, 5) is 25.7. The summed E-state index contributed by atoms with van der Waals surface area (Å²) >= 11 is 1.76. The Hall–Kier alpha value is -1.93. The van der Waals surface area contributed by atoms with E-state index in [1.165, 1.54) is 10.4 Å². The maximum absolute atomic E-state index is 12.4. The Balaban J connectivity index is 1.44. The molecule has 3 atom stereocenters. The summed E-state index contributed by atoms with van der Waals surface area (Å²) in [5.41, 5.74) is 0.858. The molecule has 2 heterocycles. The molecule has 2 aromatic rings. The lowest BCUT2D eigenvalue weighted by Gasteiger charge is -2.35. The van der Waals surface area contributed by atoms with Crippen molar-refractivity contribution in [1.29, 1.82) is 0 Å². The monoisotopic (exact) mass is 489 g/mol. The van der Waals surface area contributed by atoms with Gasteiger partial charge in [-0.15, -0.1) is 11.3 Å². The van der Waals surface area contributed by atoms with Crippen LogP contribution in [0.25, 0.3) is 10.2 Å². The molecule has 34 heavy (non-hydrogen) atoms. The highest BCUT2D eigenvalue weighted by molar-refractivity contribution is 7.19. The molecule has 0 spiro atoms. The Bertz CT molecular complexity index is 1010. The van der Waals surface area contributed by atoms with E-state index >= 15 is 0 Å². The number of aromatic nitrogens is 2. The van der Waals surface area contributed by atoms with Crippen LogP contribution < -0.4 is 4.74 Å². The Morgan fingerprint density at radius 3 is 2.56 bits per heavy atom. The van der Waals surface area contributed by atoms with E-state index in [0.717, 1.165) is 55.2 Å². The number of carbonyl (C=O) groups excluding carboxylic acids is 1. The van der Waals surface area contributed by atoms with E-state index in [9.17, 15) is 9.90 Å². The summed E-state index contributed by atoms with van der Waals surface area (Å²) in [6, 6.07) is 0.164. The first kappa shape index (κ1) is 25.2. The van der Waals surface area contributed by atoms with Gasteiger partial charge >= 0.3 is 6.09 Å². The van der Waals surface area contributed by atoms with Gasteiger partial charge in [-0.3, -0.25) is 0 Å². The SMILES string of the molecule is CC(C[C@H]1CCc2sc3ncnc(OC4CCC(N(C)C(=O)OC(C)(C)C)CC4)c3c21)[C@@H](C)O. The van der Waals surface area contributed by atoms with Gasteiger partial charge in [-0.05, 0) is 90.0 Å². The molecule has 1 amide bonds. The standard InChI is InChI=1S/C26H39N3O4S/c1-15(16(2)30)13-17-7-12-20-21(17)22-23(27-14-28-24(22)34-20)32-19-10-8-18(9-11-19)29(6)25(31)33-26(3,4)5/h14-19,30H,7-13H2,1-6H3/t15?,16-,17-,18?,19?/m1/s1. The summed E-state index contributed by atoms with van der Waals surface area (Å²) < 4.78 is 12.0. The predicted octanol–water partition coefficient (Wildman–Crippen LogP) is 5.69. The highest BCUT2D eigenvalue weighted by atomic mass is 32.1. The molecule has 2 aliphatic carbocycles. The van der Waals surface area contributed by atoms with Gasteiger partial charge in [0.05, 0.1) is 11.5 Å². The number of aliphatic hydroxyl groups is 1. The van der Waals surface area contributed by atoms with Crippen molar-refractivity contribution in [3.05, 3.63) is 16.8 Å². The van der Waals surface area contributed by atoms with Crippen LogP contribution in [0.15, 0.2) is 6.33 Å². The second-order valence-electron chi connectivity index (χ2n) is 11.1. The lowest BCUT2D eigenvalue weighted by Crippen LogP contribution is -2.43. The van der Waals surface area contributed by atoms with Gasteiger partial charge < -0.3 is 19.5 Å². The second-order valence-corrected chi connectivity index (χ2v) is 12.2. The maximum Gasteiger partial charge on any atom is 0.410 e. The molecule has 0 aliphatic heterocycles. The molecule has 1 unspecified atom stereocenters. The number of thiophene rings is 1. The van der Waals surface area contributed by atoms with Crippen molar-refractivity contribution in [1.82, 2.24) is 14.9 Å². The summed E-state index contributed by atoms with van der Waals surface area (Å²) in [5, 5.41) is 11.1. The van der Waals surface area contributed by atoms with Crippen molar-refractivity contribution in [3.63, 3.8) is 0 Å². The first-order valence-electron chi connectivity index (χ1n) is 12.6. The molecule has 0 bridgehead atoms. The number of carbonyl (C=O) groups is 1. The Labute approximate surface area is 206 Å². The number of ether oxygens (including phenoxy) is 2. The van der Waals surface area contributed by atoms with Crippen molar-refractivity contribution in [2.75, 3.05) is 7.05 Å². The summed E-state index contributed by atoms with van der Waals surface area (Å²) in [5.74, 6) is 1.36. The molecule has 0 aromatic carbocycles. The van der Waals surface area contributed by atoms with Crippen LogP contribution in [0.1, 0.15) is 89.5 Å². The topological polar surface area (TPSA) is 84.8 Å². The maximum atomic E-state index is 12.4. The minimum Gasteiger partial charge on any atom is -0.474 e. The van der Waals surface area contributed by atoms with Crippen LogP contribution in [0.5, 0.6) is 5.88 Å². The quantitative estimate of drug-likeness (QED) is 0.561. The third-order valence-electron chi connectivity index (χ3n) is 7.33. The number of amides is 1. The van der Waals surface area contributed by atoms with E-state index in [-0.39, 0.29) is 30.3 Å². The van der Waals surface area contributed by atoms with Gasteiger partial charge in [0.15, 0.2) is 0 Å². The molecule has 0 saturated heterocycles. The van der Waals surface area contributed by atoms with Crippen molar-refractivity contribution < 1.29 is 19.4 Å². The molecular formula is C26H39N3O4S. The lowest BCUT2D eigenvalue weighted by atomic mass is 9.88. The number of hydrogen-bond donors (Lipinski definition) is 1. The van der Waals surface area contributed by atoms with E-state index in [1.807, 2.05) is 34.7 Å². The van der Waals surface area contributed by atoms with Crippen molar-refractivity contribution in [3.8, 4) is 5.88 Å². The molecular weight excluding hydrogens is 450 g/mol. The minimum absolute atomic E-state index is 0.0770. The van der Waals surface area contributed by atoms with E-state index in [1.54, 1.807) is 22.6 Å². The molecule has 0 radical (unpaired) electrons. The van der Waals surface area contributed by atoms with Gasteiger partial charge in [0, 0.05) is 18.0 Å². The minimum atomic E-state index is -0.490. The second kappa shape index (κ2) is 9.97. The lowest BCUT2D eigenvalue weighted by molar-refractivity contribution is 0.0137. The normalized spacial score (nSPS) is 24.5. The van der Waals surface area contributed by atoms with Crippen LogP contribution in [-0.4, -0.2) is 57.0 Å². The summed E-state index contributed by atoms with van der Waals surface area (Å²) in [6.45, 7) is 9.67. The van der Waals surface area contributed by atoms with Crippen LogP contribution in [0.3, 0.4) is 0 Å². The zero-order valence-electron chi connectivity index (χ0n) is 21.3. The van der Waals surface area contributed by atoms with Crippen molar-refractivity contribution >= 4 is 27.6 Å². The van der Waals surface area contributed by atoms with Crippen LogP contribution >= 0.6 is 11.3 Å². The number of rotatable bonds is 6. The molecule has 1 N–H and O–H groups in total. The first-order chi connectivity index (χ1) is 16.0. The van der Waals surface area contributed by atoms with Gasteiger partial charge in [0.1, 0.15) is 22.9 Å². The van der Waals surface area contributed by atoms with Crippen LogP contribution in [0, 0.1) is 5.92 Å². The smallest absolute Gasteiger partial charge is 0.410 e. The van der Waals surface area contributed by atoms with Crippen molar-refractivity contribution in [2.24, 2.45) is 5.92 Å². The van der Waals surface area contributed by atoms with Gasteiger partial charge in [0.25, 0.3) is 0 Å². The zero-order chi connectivity index (χ0) is 24.6. The predicted molar refractivity (Wildman–Crippen MR) is 135 cm³/mol. The van der Waals surface area contributed by atoms with Gasteiger partial charge in [-0.25, -0.2) is 14.8 Å². The average molecular weight is 490 g/mol. The van der Waals surface area contributed by atoms with E-state index in [0.29, 0.717) is 11.8 Å². The number of aliphatic hydroxyl groups excluding tert-OH is 1. The highest BCUT2D eigenvalue weighted by Gasteiger charge is 2.34. The van der Waals surface area contributed by atoms with Gasteiger partial charge in [0.2, 0.25) is 5.88 Å². The average Bonchev–Trinajstić information content (AvgIpc) is 3.32. The molecule has 7 nitrogen and oxygen atoms in total. The van der Waals surface area contributed by atoms with Gasteiger partial charge in [-0.2, -0.15) is 0 Å². The molecule has 1 saturated carbocycles. The fraction of sp³-hybridized carbons (Fsp3) is 0.731. The fourth-order valence-electron chi connectivity index (χ4n) is 5.20. The summed E-state index contributed by atoms with van der Waals surface area (Å²) in [7, 11) is 1.83. The molecule has 188 valence electrons. The van der Waals surface area contributed by atoms with E-state index < -0.39 is 5.60 Å². The Kier molecular flexibility index (Phi) is 7.38. The Morgan fingerprint density at radius 1 is 1.21 bits per heavy atom. The van der Waals surface area contributed by atoms with Crippen LogP contribution in [-0.2, 0) is 11.2 Å².